The van der Waals surface area contributed by atoms with Crippen LogP contribution in [0.25, 0.3) is 0 Å². The summed E-state index contributed by atoms with van der Waals surface area (Å²) in [6.45, 7) is 0. The highest BCUT2D eigenvalue weighted by Gasteiger charge is 2.13. The first-order valence-electron chi connectivity index (χ1n) is 5.53. The van der Waals surface area contributed by atoms with E-state index in [2.05, 4.69) is 21.2 Å². The molecule has 9 heteroatoms. The molecule has 0 aliphatic carbocycles. The summed E-state index contributed by atoms with van der Waals surface area (Å²) in [5.74, 6) is 0. The molecular formula is C12H10BrCl2N3O2S. The molecule has 5 N–H and O–H groups in total. The molecule has 0 heterocycles. The lowest BCUT2D eigenvalue weighted by Gasteiger charge is -2.12. The van der Waals surface area contributed by atoms with Crippen LogP contribution in [-0.2, 0) is 10.0 Å². The second-order valence-corrected chi connectivity index (χ2v) is 7.29. The molecule has 0 aromatic heterocycles. The van der Waals surface area contributed by atoms with Crippen molar-refractivity contribution < 1.29 is 8.42 Å². The van der Waals surface area contributed by atoms with Crippen molar-refractivity contribution in [1.82, 2.24) is 0 Å². The predicted molar refractivity (Wildman–Crippen MR) is 89.7 cm³/mol. The number of sulfonamides is 1. The quantitative estimate of drug-likeness (QED) is 0.530. The Morgan fingerprint density at radius 3 is 2.33 bits per heavy atom. The van der Waals surface area contributed by atoms with Crippen LogP contribution in [0, 0.1) is 0 Å². The summed E-state index contributed by atoms with van der Waals surface area (Å²) >= 11 is 15.4. The first kappa shape index (κ1) is 16.4. The van der Waals surface area contributed by atoms with Crippen LogP contribution in [-0.4, -0.2) is 8.42 Å². The van der Waals surface area contributed by atoms with Gasteiger partial charge in [0.05, 0.1) is 21.4 Å². The number of anilines is 3. The van der Waals surface area contributed by atoms with Crippen LogP contribution in [0.2, 0.25) is 10.0 Å². The fraction of sp³-hybridized carbons (Fsp3) is 0. The molecule has 0 amide bonds. The third-order valence-electron chi connectivity index (χ3n) is 2.63. The highest BCUT2D eigenvalue weighted by molar-refractivity contribution is 9.10. The van der Waals surface area contributed by atoms with Crippen LogP contribution in [0.5, 0.6) is 0 Å². The molecule has 0 saturated carbocycles. The summed E-state index contributed by atoms with van der Waals surface area (Å²) in [6, 6.07) is 7.76. The molecule has 2 aromatic rings. The second kappa shape index (κ2) is 6.02. The van der Waals surface area contributed by atoms with Crippen molar-refractivity contribution in [3.63, 3.8) is 0 Å². The van der Waals surface area contributed by atoms with E-state index in [0.717, 1.165) is 0 Å². The molecule has 0 unspecified atom stereocenters. The van der Waals surface area contributed by atoms with Crippen LogP contribution in [0.4, 0.5) is 17.1 Å². The Kier molecular flexibility index (Phi) is 4.69. The van der Waals surface area contributed by atoms with Gasteiger partial charge >= 0.3 is 0 Å². The number of rotatable bonds is 3. The number of benzene rings is 2. The monoisotopic (exact) mass is 409 g/mol. The van der Waals surface area contributed by atoms with Crippen molar-refractivity contribution in [2.24, 2.45) is 5.14 Å². The minimum Gasteiger partial charge on any atom is -0.398 e. The Bertz CT molecular complexity index is 812. The van der Waals surface area contributed by atoms with Gasteiger partial charge in [0.1, 0.15) is 4.90 Å². The summed E-state index contributed by atoms with van der Waals surface area (Å²) in [7, 11) is -3.85. The maximum atomic E-state index is 11.3. The van der Waals surface area contributed by atoms with Gasteiger partial charge in [-0.3, -0.25) is 0 Å². The molecule has 5 nitrogen and oxygen atoms in total. The fourth-order valence-electron chi connectivity index (χ4n) is 1.66. The summed E-state index contributed by atoms with van der Waals surface area (Å²) < 4.78 is 23.3. The highest BCUT2D eigenvalue weighted by Crippen LogP contribution is 2.37. The molecule has 21 heavy (non-hydrogen) atoms. The van der Waals surface area contributed by atoms with E-state index in [0.29, 0.717) is 25.9 Å². The van der Waals surface area contributed by atoms with Crippen LogP contribution < -0.4 is 16.2 Å². The standard InChI is InChI=1S/C12H10BrCl2N3O2S/c13-7-2-3-9(12(15)11(7)14)18-6-1-4-10(8(16)5-6)21(17,19)20/h1-5,18H,16H2,(H2,17,19,20). The van der Waals surface area contributed by atoms with E-state index in [1.807, 2.05) is 0 Å². The number of halogens is 3. The van der Waals surface area contributed by atoms with Gasteiger partial charge in [0, 0.05) is 10.2 Å². The number of nitrogens with one attached hydrogen (secondary N) is 1. The smallest absolute Gasteiger partial charge is 0.240 e. The molecule has 0 atom stereocenters. The maximum Gasteiger partial charge on any atom is 0.240 e. The van der Waals surface area contributed by atoms with E-state index < -0.39 is 10.0 Å². The number of nitrogen functional groups attached to an aromatic ring is 1. The van der Waals surface area contributed by atoms with Gasteiger partial charge in [-0.2, -0.15) is 0 Å². The molecule has 0 spiro atoms. The first-order chi connectivity index (χ1) is 9.70. The van der Waals surface area contributed by atoms with E-state index in [-0.39, 0.29) is 10.6 Å². The van der Waals surface area contributed by atoms with Crippen LogP contribution in [0.3, 0.4) is 0 Å². The number of hydrogen-bond acceptors (Lipinski definition) is 4. The molecule has 0 radical (unpaired) electrons. The molecule has 0 aliphatic heterocycles. The van der Waals surface area contributed by atoms with Gasteiger partial charge in [-0.15, -0.1) is 0 Å². The van der Waals surface area contributed by atoms with Crippen molar-refractivity contribution in [3.05, 3.63) is 44.8 Å². The van der Waals surface area contributed by atoms with Crippen LogP contribution in [0.1, 0.15) is 0 Å². The Morgan fingerprint density at radius 2 is 1.76 bits per heavy atom. The maximum absolute atomic E-state index is 11.3. The number of primary sulfonamides is 1. The molecular weight excluding hydrogens is 401 g/mol. The van der Waals surface area contributed by atoms with Gasteiger partial charge in [-0.05, 0) is 46.3 Å². The van der Waals surface area contributed by atoms with Crippen LogP contribution in [0.15, 0.2) is 39.7 Å². The highest BCUT2D eigenvalue weighted by atomic mass is 79.9. The Balaban J connectivity index is 2.38. The molecule has 112 valence electrons. The van der Waals surface area contributed by atoms with Gasteiger partial charge in [0.15, 0.2) is 0 Å². The van der Waals surface area contributed by atoms with E-state index in [9.17, 15) is 8.42 Å². The van der Waals surface area contributed by atoms with Crippen molar-refractivity contribution in [1.29, 1.82) is 0 Å². The van der Waals surface area contributed by atoms with Gasteiger partial charge < -0.3 is 11.1 Å². The molecule has 2 rings (SSSR count). The summed E-state index contributed by atoms with van der Waals surface area (Å²) in [4.78, 5) is -0.131. The Morgan fingerprint density at radius 1 is 1.10 bits per heavy atom. The normalized spacial score (nSPS) is 11.4. The Hall–Kier alpha value is -0.990. The van der Waals surface area contributed by atoms with E-state index in [1.54, 1.807) is 12.1 Å². The summed E-state index contributed by atoms with van der Waals surface area (Å²) in [5, 5.41) is 8.76. The first-order valence-corrected chi connectivity index (χ1v) is 8.62. The zero-order valence-corrected chi connectivity index (χ0v) is 14.3. The van der Waals surface area contributed by atoms with E-state index >= 15 is 0 Å². The molecule has 0 saturated heterocycles. The lowest BCUT2D eigenvalue weighted by atomic mass is 10.2. The second-order valence-electron chi connectivity index (χ2n) is 4.15. The fourth-order valence-corrected chi connectivity index (χ4v) is 3.13. The third kappa shape index (κ3) is 3.61. The van der Waals surface area contributed by atoms with Crippen molar-refractivity contribution in [2.45, 2.75) is 4.90 Å². The molecule has 2 aromatic carbocycles. The van der Waals surface area contributed by atoms with Gasteiger partial charge in [-0.25, -0.2) is 13.6 Å². The molecule has 0 fully saturated rings. The zero-order chi connectivity index (χ0) is 15.8. The SMILES string of the molecule is Nc1cc(Nc2ccc(Br)c(Cl)c2Cl)ccc1S(N)(=O)=O. The van der Waals surface area contributed by atoms with E-state index in [4.69, 9.17) is 34.1 Å². The molecule has 0 aliphatic rings. The average molecular weight is 411 g/mol. The Labute approximate surface area is 140 Å². The van der Waals surface area contributed by atoms with Crippen molar-refractivity contribution in [2.75, 3.05) is 11.1 Å². The van der Waals surface area contributed by atoms with Gasteiger partial charge in [-0.1, -0.05) is 23.2 Å². The van der Waals surface area contributed by atoms with E-state index in [1.165, 1.54) is 18.2 Å². The van der Waals surface area contributed by atoms with Crippen molar-refractivity contribution >= 4 is 66.2 Å². The minimum absolute atomic E-state index is 0.0434. The van der Waals surface area contributed by atoms with Gasteiger partial charge in [0.25, 0.3) is 0 Å². The van der Waals surface area contributed by atoms with Crippen LogP contribution >= 0.6 is 39.1 Å². The lowest BCUT2D eigenvalue weighted by molar-refractivity contribution is 0.598. The third-order valence-corrected chi connectivity index (χ3v) is 5.39. The minimum atomic E-state index is -3.85. The molecule has 0 bridgehead atoms. The van der Waals surface area contributed by atoms with Crippen molar-refractivity contribution in [3.8, 4) is 0 Å². The number of nitrogens with two attached hydrogens (primary N) is 2. The zero-order valence-electron chi connectivity index (χ0n) is 10.4. The number of hydrogen-bond donors (Lipinski definition) is 3. The van der Waals surface area contributed by atoms with Gasteiger partial charge in [0.2, 0.25) is 10.0 Å². The largest absolute Gasteiger partial charge is 0.398 e. The average Bonchev–Trinajstić information content (AvgIpc) is 2.38. The lowest BCUT2D eigenvalue weighted by Crippen LogP contribution is -2.14. The summed E-state index contributed by atoms with van der Waals surface area (Å²) in [6.07, 6.45) is 0. The summed E-state index contributed by atoms with van der Waals surface area (Å²) in [5.41, 5.74) is 6.85. The predicted octanol–water partition coefficient (Wildman–Crippen LogP) is 3.73. The topological polar surface area (TPSA) is 98.2 Å².